The summed E-state index contributed by atoms with van der Waals surface area (Å²) in [6.45, 7) is 8.64. The third-order valence-electron chi connectivity index (χ3n) is 6.04. The van der Waals surface area contributed by atoms with Crippen molar-refractivity contribution < 1.29 is 0 Å². The van der Waals surface area contributed by atoms with Crippen molar-refractivity contribution in [1.82, 2.24) is 0 Å². The summed E-state index contributed by atoms with van der Waals surface area (Å²) in [4.78, 5) is 0. The molecule has 0 saturated carbocycles. The zero-order chi connectivity index (χ0) is 21.8. The van der Waals surface area contributed by atoms with Crippen LogP contribution in [0, 0.1) is 13.8 Å². The fourth-order valence-corrected chi connectivity index (χ4v) is 4.45. The molecule has 0 aliphatic heterocycles. The van der Waals surface area contributed by atoms with Gasteiger partial charge in [0.25, 0.3) is 0 Å². The van der Waals surface area contributed by atoms with E-state index in [1.54, 1.807) is 0 Å². The highest BCUT2D eigenvalue weighted by Crippen LogP contribution is 2.25. The summed E-state index contributed by atoms with van der Waals surface area (Å²) in [5.74, 6) is 0. The molecule has 33 heavy (non-hydrogen) atoms. The molecule has 3 aromatic carbocycles. The number of rotatable bonds is 0. The van der Waals surface area contributed by atoms with E-state index in [1.807, 2.05) is 0 Å². The second kappa shape index (κ2) is 11.7. The van der Waals surface area contributed by atoms with Crippen LogP contribution in [-0.2, 0) is 19.3 Å². The maximum atomic E-state index is 2.28. The molecule has 3 aliphatic rings. The van der Waals surface area contributed by atoms with Crippen LogP contribution >= 0.6 is 0 Å². The van der Waals surface area contributed by atoms with Gasteiger partial charge in [0.2, 0.25) is 0 Å². The third kappa shape index (κ3) is 6.68. The minimum atomic E-state index is 0. The molecule has 3 aliphatic carbocycles. The molecule has 6 rings (SSSR count). The van der Waals surface area contributed by atoms with Crippen molar-refractivity contribution >= 4 is 18.2 Å². The summed E-state index contributed by atoms with van der Waals surface area (Å²) >= 11 is 0. The van der Waals surface area contributed by atoms with Gasteiger partial charge < -0.3 is 0 Å². The zero-order valence-corrected chi connectivity index (χ0v) is 19.2. The fourth-order valence-electron chi connectivity index (χ4n) is 4.45. The van der Waals surface area contributed by atoms with Crippen molar-refractivity contribution in [1.29, 1.82) is 0 Å². The highest BCUT2D eigenvalue weighted by atomic mass is 14.1. The Morgan fingerprint density at radius 2 is 1.09 bits per heavy atom. The first kappa shape index (κ1) is 26.1. The first-order valence-corrected chi connectivity index (χ1v) is 11.3. The smallest absolute Gasteiger partial charge is 0.00606 e. The quantitative estimate of drug-likeness (QED) is 0.329. The van der Waals surface area contributed by atoms with E-state index in [2.05, 4.69) is 113 Å². The number of benzene rings is 3. The minimum Gasteiger partial charge on any atom is -0.0795 e. The van der Waals surface area contributed by atoms with Gasteiger partial charge in [-0.1, -0.05) is 122 Å². The van der Waals surface area contributed by atoms with E-state index < -0.39 is 0 Å². The van der Waals surface area contributed by atoms with Crippen molar-refractivity contribution in [3.63, 3.8) is 0 Å². The predicted octanol–water partition coefficient (Wildman–Crippen LogP) is 9.44. The predicted molar refractivity (Wildman–Crippen MR) is 150 cm³/mol. The number of fused-ring (bicyclic) bond motifs is 3. The third-order valence-corrected chi connectivity index (χ3v) is 6.04. The molecule has 0 fully saturated rings. The Hall–Kier alpha value is -3.12. The molecule has 0 saturated heterocycles. The molecule has 3 aromatic rings. The SMILES string of the molecule is C.C.CC1=Cc2cc(C)ccc2C1.CC1=Cc2ccccc2C1.Cc1ccc2c(c1)C=CC2. The zero-order valence-electron chi connectivity index (χ0n) is 19.2. The number of aryl methyl sites for hydroxylation is 2. The van der Waals surface area contributed by atoms with E-state index in [-0.39, 0.29) is 14.9 Å². The Bertz CT molecular complexity index is 1180. The van der Waals surface area contributed by atoms with E-state index in [1.165, 1.54) is 55.7 Å². The first-order chi connectivity index (χ1) is 15.0. The van der Waals surface area contributed by atoms with Gasteiger partial charge in [-0.05, 0) is 80.3 Å². The summed E-state index contributed by atoms with van der Waals surface area (Å²) in [6, 6.07) is 21.9. The second-order valence-corrected chi connectivity index (χ2v) is 9.04. The lowest BCUT2D eigenvalue weighted by Crippen LogP contribution is -1.82. The highest BCUT2D eigenvalue weighted by Gasteiger charge is 2.08. The van der Waals surface area contributed by atoms with Crippen LogP contribution in [0.3, 0.4) is 0 Å². The maximum absolute atomic E-state index is 2.28. The second-order valence-electron chi connectivity index (χ2n) is 9.04. The molecule has 0 heterocycles. The summed E-state index contributed by atoms with van der Waals surface area (Å²) in [7, 11) is 0. The molecule has 0 bridgehead atoms. The Morgan fingerprint density at radius 1 is 0.545 bits per heavy atom. The molecule has 0 spiro atoms. The van der Waals surface area contributed by atoms with Crippen molar-refractivity contribution in [2.45, 2.75) is 61.8 Å². The van der Waals surface area contributed by atoms with Crippen molar-refractivity contribution in [2.75, 3.05) is 0 Å². The number of hydrogen-bond donors (Lipinski definition) is 0. The van der Waals surface area contributed by atoms with Gasteiger partial charge in [0.05, 0.1) is 0 Å². The molecule has 172 valence electrons. The molecule has 0 aromatic heterocycles. The molecule has 0 unspecified atom stereocenters. The Kier molecular flexibility index (Phi) is 9.23. The molecule has 0 amide bonds. The van der Waals surface area contributed by atoms with Gasteiger partial charge in [-0.15, -0.1) is 0 Å². The van der Waals surface area contributed by atoms with Crippen molar-refractivity contribution in [2.24, 2.45) is 0 Å². The number of allylic oxidation sites excluding steroid dienone is 3. The molecule has 0 radical (unpaired) electrons. The molecule has 0 N–H and O–H groups in total. The van der Waals surface area contributed by atoms with Gasteiger partial charge in [-0.2, -0.15) is 0 Å². The lowest BCUT2D eigenvalue weighted by Gasteiger charge is -1.98. The molecule has 0 atom stereocenters. The summed E-state index contributed by atoms with van der Waals surface area (Å²) in [5.41, 5.74) is 14.3. The Balaban J connectivity index is 0.000000170. The fraction of sp³-hybridized carbons (Fsp3) is 0.273. The average Bonchev–Trinajstić information content (AvgIpc) is 3.44. The van der Waals surface area contributed by atoms with Crippen LogP contribution in [0.2, 0.25) is 0 Å². The van der Waals surface area contributed by atoms with Crippen LogP contribution in [0.25, 0.3) is 18.2 Å². The lowest BCUT2D eigenvalue weighted by atomic mass is 10.1. The van der Waals surface area contributed by atoms with Gasteiger partial charge in [-0.25, -0.2) is 0 Å². The van der Waals surface area contributed by atoms with Crippen LogP contribution < -0.4 is 0 Å². The van der Waals surface area contributed by atoms with E-state index in [0.717, 1.165) is 19.3 Å². The van der Waals surface area contributed by atoms with E-state index in [0.29, 0.717) is 0 Å². The minimum absolute atomic E-state index is 0. The maximum Gasteiger partial charge on any atom is -0.00606 e. The summed E-state index contributed by atoms with van der Waals surface area (Å²) in [6.07, 6.45) is 12.4. The van der Waals surface area contributed by atoms with E-state index in [4.69, 9.17) is 0 Å². The van der Waals surface area contributed by atoms with Crippen LogP contribution in [0.4, 0.5) is 0 Å². The van der Waals surface area contributed by atoms with Crippen LogP contribution in [0.5, 0.6) is 0 Å². The summed E-state index contributed by atoms with van der Waals surface area (Å²) < 4.78 is 0. The van der Waals surface area contributed by atoms with E-state index in [9.17, 15) is 0 Å². The standard InChI is InChI=1S/C11H12.2C10H10.2CH4/c1-8-3-4-10-6-9(2)7-11(10)5-8;1-8-5-6-9-3-2-4-10(9)7-8;1-8-6-9-4-2-3-5-10(9)7-8;;/h3-5,7H,6H2,1-2H3;2,4-7H,3H2,1H3;2-6H,7H2,1H3;2*1H4. The van der Waals surface area contributed by atoms with Gasteiger partial charge in [-0.3, -0.25) is 0 Å². The van der Waals surface area contributed by atoms with Crippen LogP contribution in [-0.4, -0.2) is 0 Å². The Labute approximate surface area is 202 Å². The molecule has 0 heteroatoms. The van der Waals surface area contributed by atoms with Gasteiger partial charge in [0.1, 0.15) is 0 Å². The topological polar surface area (TPSA) is 0 Å². The van der Waals surface area contributed by atoms with Gasteiger partial charge >= 0.3 is 0 Å². The van der Waals surface area contributed by atoms with Crippen LogP contribution in [0.15, 0.2) is 77.9 Å². The summed E-state index contributed by atoms with van der Waals surface area (Å²) in [5, 5.41) is 0. The lowest BCUT2D eigenvalue weighted by molar-refractivity contribution is 1.19. The molecular weight excluding hydrogens is 396 g/mol. The van der Waals surface area contributed by atoms with E-state index >= 15 is 0 Å². The van der Waals surface area contributed by atoms with Gasteiger partial charge in [0, 0.05) is 0 Å². The monoisotopic (exact) mass is 436 g/mol. The normalized spacial score (nSPS) is 13.5. The van der Waals surface area contributed by atoms with Crippen molar-refractivity contribution in [3.05, 3.63) is 122 Å². The molecular formula is C33H40. The first-order valence-electron chi connectivity index (χ1n) is 11.3. The number of hydrogen-bond acceptors (Lipinski definition) is 0. The average molecular weight is 437 g/mol. The Morgan fingerprint density at radius 3 is 1.76 bits per heavy atom. The van der Waals surface area contributed by atoms with Crippen LogP contribution in [0.1, 0.15) is 73.2 Å². The highest BCUT2D eigenvalue weighted by molar-refractivity contribution is 5.64. The molecule has 0 nitrogen and oxygen atoms in total. The van der Waals surface area contributed by atoms with Crippen molar-refractivity contribution in [3.8, 4) is 0 Å². The largest absolute Gasteiger partial charge is 0.0795 e. The van der Waals surface area contributed by atoms with Gasteiger partial charge in [0.15, 0.2) is 0 Å².